The summed E-state index contributed by atoms with van der Waals surface area (Å²) in [6.07, 6.45) is 0.971. The van der Waals surface area contributed by atoms with Gasteiger partial charge in [-0.3, -0.25) is 9.63 Å². The summed E-state index contributed by atoms with van der Waals surface area (Å²) in [6.45, 7) is 0.637. The number of benzene rings is 1. The van der Waals surface area contributed by atoms with Crippen molar-refractivity contribution in [1.29, 1.82) is 0 Å². The van der Waals surface area contributed by atoms with Crippen molar-refractivity contribution >= 4 is 27.5 Å². The molecule has 0 radical (unpaired) electrons. The number of carbonyl (C=O) groups is 1. The average molecular weight is 347 g/mol. The normalized spacial score (nSPS) is 17.4. The molecule has 6 nitrogen and oxygen atoms in total. The van der Waals surface area contributed by atoms with E-state index in [-0.39, 0.29) is 16.7 Å². The molecule has 1 aliphatic rings. The summed E-state index contributed by atoms with van der Waals surface area (Å²) in [6, 6.07) is 6.09. The van der Waals surface area contributed by atoms with Crippen LogP contribution in [0, 0.1) is 5.92 Å². The number of hydrogen-bond donors (Lipinski definition) is 0. The first-order valence-corrected chi connectivity index (χ1v) is 8.75. The van der Waals surface area contributed by atoms with Crippen molar-refractivity contribution in [3.8, 4) is 0 Å². The van der Waals surface area contributed by atoms with E-state index in [1.54, 1.807) is 19.2 Å². The molecule has 0 aliphatic carbocycles. The van der Waals surface area contributed by atoms with Crippen molar-refractivity contribution in [1.82, 2.24) is 9.37 Å². The Morgan fingerprint density at radius 2 is 1.82 bits per heavy atom. The van der Waals surface area contributed by atoms with E-state index in [2.05, 4.69) is 0 Å². The Morgan fingerprint density at radius 1 is 1.27 bits per heavy atom. The Labute approximate surface area is 135 Å². The third-order valence-electron chi connectivity index (χ3n) is 3.84. The molecule has 1 heterocycles. The second-order valence-corrected chi connectivity index (χ2v) is 7.52. The van der Waals surface area contributed by atoms with Gasteiger partial charge in [-0.05, 0) is 37.1 Å². The fraction of sp³-hybridized carbons (Fsp3) is 0.500. The summed E-state index contributed by atoms with van der Waals surface area (Å²) in [5.74, 6) is -0.326. The zero-order chi connectivity index (χ0) is 16.3. The van der Waals surface area contributed by atoms with Crippen molar-refractivity contribution in [3.63, 3.8) is 0 Å². The fourth-order valence-corrected chi connectivity index (χ4v) is 4.04. The Hall–Kier alpha value is -1.15. The van der Waals surface area contributed by atoms with Crippen LogP contribution >= 0.6 is 11.6 Å². The van der Waals surface area contributed by atoms with Gasteiger partial charge in [0, 0.05) is 31.1 Å². The third-order valence-corrected chi connectivity index (χ3v) is 6.00. The van der Waals surface area contributed by atoms with Gasteiger partial charge in [0.25, 0.3) is 0 Å². The molecule has 1 fully saturated rings. The SMILES string of the molecule is CON(C)C(=O)C1CCN(S(=O)(=O)c2ccc(Cl)cc2)CC1. The van der Waals surface area contributed by atoms with Crippen LogP contribution < -0.4 is 0 Å². The molecule has 0 unspecified atom stereocenters. The highest BCUT2D eigenvalue weighted by atomic mass is 35.5. The van der Waals surface area contributed by atoms with Crippen molar-refractivity contribution < 1.29 is 18.0 Å². The minimum absolute atomic E-state index is 0.119. The summed E-state index contributed by atoms with van der Waals surface area (Å²) >= 11 is 5.78. The van der Waals surface area contributed by atoms with Crippen LogP contribution in [0.2, 0.25) is 5.02 Å². The summed E-state index contributed by atoms with van der Waals surface area (Å²) in [5, 5.41) is 1.68. The number of rotatable bonds is 4. The van der Waals surface area contributed by atoms with Crippen LogP contribution in [0.1, 0.15) is 12.8 Å². The lowest BCUT2D eigenvalue weighted by Gasteiger charge is -2.31. The molecule has 8 heteroatoms. The number of nitrogens with zero attached hydrogens (tertiary/aromatic N) is 2. The second-order valence-electron chi connectivity index (χ2n) is 5.15. The highest BCUT2D eigenvalue weighted by molar-refractivity contribution is 7.89. The van der Waals surface area contributed by atoms with Gasteiger partial charge >= 0.3 is 0 Å². The molecule has 1 aromatic carbocycles. The summed E-state index contributed by atoms with van der Waals surface area (Å²) in [5.41, 5.74) is 0. The molecule has 0 atom stereocenters. The lowest BCUT2D eigenvalue weighted by atomic mass is 9.97. The van der Waals surface area contributed by atoms with E-state index in [1.165, 1.54) is 28.6 Å². The molecule has 0 saturated carbocycles. The van der Waals surface area contributed by atoms with Crippen LogP contribution in [0.3, 0.4) is 0 Å². The smallest absolute Gasteiger partial charge is 0.249 e. The van der Waals surface area contributed by atoms with Gasteiger partial charge in [0.2, 0.25) is 15.9 Å². The van der Waals surface area contributed by atoms with Gasteiger partial charge in [-0.25, -0.2) is 13.5 Å². The maximum atomic E-state index is 12.5. The van der Waals surface area contributed by atoms with Crippen LogP contribution in [0.4, 0.5) is 0 Å². The molecule has 0 spiro atoms. The number of piperidine rings is 1. The zero-order valence-electron chi connectivity index (χ0n) is 12.5. The fourth-order valence-electron chi connectivity index (χ4n) is 2.45. The van der Waals surface area contributed by atoms with E-state index in [4.69, 9.17) is 16.4 Å². The van der Waals surface area contributed by atoms with E-state index in [9.17, 15) is 13.2 Å². The predicted octanol–water partition coefficient (Wildman–Crippen LogP) is 1.76. The molecule has 0 bridgehead atoms. The highest BCUT2D eigenvalue weighted by Gasteiger charge is 2.33. The molecular weight excluding hydrogens is 328 g/mol. The second kappa shape index (κ2) is 6.95. The third kappa shape index (κ3) is 3.60. The Balaban J connectivity index is 2.05. The van der Waals surface area contributed by atoms with Crippen molar-refractivity contribution in [2.45, 2.75) is 17.7 Å². The Kier molecular flexibility index (Phi) is 5.44. The van der Waals surface area contributed by atoms with E-state index in [0.717, 1.165) is 0 Å². The van der Waals surface area contributed by atoms with E-state index in [0.29, 0.717) is 31.0 Å². The van der Waals surface area contributed by atoms with Crippen LogP contribution in [-0.2, 0) is 19.7 Å². The van der Waals surface area contributed by atoms with Gasteiger partial charge < -0.3 is 0 Å². The molecule has 1 amide bonds. The molecule has 122 valence electrons. The quantitative estimate of drug-likeness (QED) is 0.779. The molecule has 1 aliphatic heterocycles. The largest absolute Gasteiger partial charge is 0.275 e. The highest BCUT2D eigenvalue weighted by Crippen LogP contribution is 2.25. The van der Waals surface area contributed by atoms with E-state index in [1.807, 2.05) is 0 Å². The topological polar surface area (TPSA) is 66.9 Å². The van der Waals surface area contributed by atoms with Crippen LogP contribution in [-0.4, -0.2) is 50.9 Å². The average Bonchev–Trinajstić information content (AvgIpc) is 2.54. The van der Waals surface area contributed by atoms with Crippen molar-refractivity contribution in [2.24, 2.45) is 5.92 Å². The molecule has 1 aromatic rings. The van der Waals surface area contributed by atoms with Gasteiger partial charge in [0.05, 0.1) is 12.0 Å². The van der Waals surface area contributed by atoms with Crippen molar-refractivity contribution in [3.05, 3.63) is 29.3 Å². The lowest BCUT2D eigenvalue weighted by molar-refractivity contribution is -0.174. The van der Waals surface area contributed by atoms with E-state index < -0.39 is 10.0 Å². The first kappa shape index (κ1) is 17.2. The van der Waals surface area contributed by atoms with Crippen molar-refractivity contribution in [2.75, 3.05) is 27.2 Å². The summed E-state index contributed by atoms with van der Waals surface area (Å²) < 4.78 is 26.5. The van der Waals surface area contributed by atoms with Gasteiger partial charge in [-0.1, -0.05) is 11.6 Å². The number of carbonyl (C=O) groups excluding carboxylic acids is 1. The molecule has 0 N–H and O–H groups in total. The number of halogens is 1. The zero-order valence-corrected chi connectivity index (χ0v) is 14.1. The molecular formula is C14H19ClN2O4S. The first-order valence-electron chi connectivity index (χ1n) is 6.93. The number of hydrogen-bond acceptors (Lipinski definition) is 4. The van der Waals surface area contributed by atoms with Gasteiger partial charge in [0.1, 0.15) is 0 Å². The van der Waals surface area contributed by atoms with Gasteiger partial charge in [-0.15, -0.1) is 0 Å². The molecule has 22 heavy (non-hydrogen) atoms. The standard InChI is InChI=1S/C14H19ClN2O4S/c1-16(21-2)14(18)11-7-9-17(10-8-11)22(19,20)13-5-3-12(15)4-6-13/h3-6,11H,7-10H2,1-2H3. The van der Waals surface area contributed by atoms with Crippen LogP contribution in [0.15, 0.2) is 29.2 Å². The minimum Gasteiger partial charge on any atom is -0.275 e. The van der Waals surface area contributed by atoms with Crippen LogP contribution in [0.5, 0.6) is 0 Å². The van der Waals surface area contributed by atoms with Gasteiger partial charge in [-0.2, -0.15) is 4.31 Å². The maximum absolute atomic E-state index is 12.5. The predicted molar refractivity (Wildman–Crippen MR) is 82.7 cm³/mol. The summed E-state index contributed by atoms with van der Waals surface area (Å²) in [4.78, 5) is 17.1. The maximum Gasteiger partial charge on any atom is 0.249 e. The first-order chi connectivity index (χ1) is 10.4. The Morgan fingerprint density at radius 3 is 2.32 bits per heavy atom. The number of amides is 1. The molecule has 2 rings (SSSR count). The number of hydroxylamine groups is 2. The minimum atomic E-state index is -3.54. The number of sulfonamides is 1. The Bertz CT molecular complexity index is 625. The lowest BCUT2D eigenvalue weighted by Crippen LogP contribution is -2.43. The molecule has 0 aromatic heterocycles. The van der Waals surface area contributed by atoms with Gasteiger partial charge in [0.15, 0.2) is 0 Å². The van der Waals surface area contributed by atoms with E-state index >= 15 is 0 Å². The molecule has 1 saturated heterocycles. The summed E-state index contributed by atoms with van der Waals surface area (Å²) in [7, 11) is -0.552. The van der Waals surface area contributed by atoms with Crippen LogP contribution in [0.25, 0.3) is 0 Å². The monoisotopic (exact) mass is 346 g/mol.